The molecule has 0 fully saturated rings. The zero-order valence-corrected chi connectivity index (χ0v) is 10.9. The first-order chi connectivity index (χ1) is 8.40. The predicted molar refractivity (Wildman–Crippen MR) is 65.3 cm³/mol. The van der Waals surface area contributed by atoms with Crippen molar-refractivity contribution in [3.63, 3.8) is 0 Å². The number of halogens is 1. The van der Waals surface area contributed by atoms with E-state index in [2.05, 4.69) is 4.98 Å². The van der Waals surface area contributed by atoms with Crippen LogP contribution in [-0.2, 0) is 20.7 Å². The van der Waals surface area contributed by atoms with Gasteiger partial charge in [-0.3, -0.25) is 9.59 Å². The summed E-state index contributed by atoms with van der Waals surface area (Å²) in [6, 6.07) is 3.18. The van der Waals surface area contributed by atoms with Gasteiger partial charge in [-0.25, -0.2) is 4.98 Å². The fourth-order valence-electron chi connectivity index (χ4n) is 1.44. The van der Waals surface area contributed by atoms with Gasteiger partial charge < -0.3 is 9.84 Å². The summed E-state index contributed by atoms with van der Waals surface area (Å²) in [5.74, 6) is -1.98. The van der Waals surface area contributed by atoms with Crippen LogP contribution in [0.5, 0.6) is 0 Å². The molecule has 0 aliphatic heterocycles. The van der Waals surface area contributed by atoms with Crippen LogP contribution in [0.15, 0.2) is 18.3 Å². The van der Waals surface area contributed by atoms with E-state index in [1.165, 1.54) is 13.1 Å². The first kappa shape index (κ1) is 14.4. The van der Waals surface area contributed by atoms with Gasteiger partial charge in [-0.1, -0.05) is 17.7 Å². The largest absolute Gasteiger partial charge is 0.480 e. The van der Waals surface area contributed by atoms with Gasteiger partial charge in [0.05, 0.1) is 6.61 Å². The fraction of sp³-hybridized carbons (Fsp3) is 0.417. The number of carbonyl (C=O) groups is 2. The summed E-state index contributed by atoms with van der Waals surface area (Å²) >= 11 is 5.64. The molecule has 1 atom stereocenters. The lowest BCUT2D eigenvalue weighted by Crippen LogP contribution is -2.40. The summed E-state index contributed by atoms with van der Waals surface area (Å²) in [7, 11) is 0. The van der Waals surface area contributed by atoms with Gasteiger partial charge in [0, 0.05) is 12.6 Å². The van der Waals surface area contributed by atoms with Gasteiger partial charge in [0.1, 0.15) is 5.15 Å². The fourth-order valence-corrected chi connectivity index (χ4v) is 1.56. The van der Waals surface area contributed by atoms with Crippen LogP contribution in [-0.4, -0.2) is 28.6 Å². The Morgan fingerprint density at radius 2 is 2.17 bits per heavy atom. The molecule has 0 saturated heterocycles. The molecule has 98 valence electrons. The lowest BCUT2D eigenvalue weighted by molar-refractivity contribution is -0.167. The number of carbonyl (C=O) groups excluding carboxylic acids is 1. The molecular formula is C12H14ClNO4. The molecule has 0 aliphatic carbocycles. The summed E-state index contributed by atoms with van der Waals surface area (Å²) in [6.45, 7) is 3.10. The molecule has 1 unspecified atom stereocenters. The SMILES string of the molecule is CCOC(=O)C(C)(Cc1ccc(Cl)nc1)C(=O)O. The first-order valence-corrected chi connectivity index (χ1v) is 5.79. The molecular weight excluding hydrogens is 258 g/mol. The number of carboxylic acids is 1. The average molecular weight is 272 g/mol. The molecule has 1 aromatic heterocycles. The normalized spacial score (nSPS) is 13.7. The van der Waals surface area contributed by atoms with Crippen molar-refractivity contribution in [3.05, 3.63) is 29.0 Å². The highest BCUT2D eigenvalue weighted by Crippen LogP contribution is 2.25. The Morgan fingerprint density at radius 3 is 2.61 bits per heavy atom. The minimum Gasteiger partial charge on any atom is -0.480 e. The second-order valence-electron chi connectivity index (χ2n) is 4.02. The van der Waals surface area contributed by atoms with Crippen molar-refractivity contribution in [1.82, 2.24) is 4.98 Å². The molecule has 1 rings (SSSR count). The highest BCUT2D eigenvalue weighted by molar-refractivity contribution is 6.29. The van der Waals surface area contributed by atoms with E-state index < -0.39 is 17.4 Å². The molecule has 0 aliphatic rings. The quantitative estimate of drug-likeness (QED) is 0.503. The van der Waals surface area contributed by atoms with Gasteiger partial charge >= 0.3 is 11.9 Å². The van der Waals surface area contributed by atoms with Crippen LogP contribution in [0, 0.1) is 5.41 Å². The summed E-state index contributed by atoms with van der Waals surface area (Å²) in [4.78, 5) is 26.8. The molecule has 1 heterocycles. The highest BCUT2D eigenvalue weighted by atomic mass is 35.5. The maximum Gasteiger partial charge on any atom is 0.323 e. The third kappa shape index (κ3) is 3.20. The zero-order valence-electron chi connectivity index (χ0n) is 10.1. The van der Waals surface area contributed by atoms with Crippen LogP contribution in [0.1, 0.15) is 19.4 Å². The van der Waals surface area contributed by atoms with E-state index in [1.807, 2.05) is 0 Å². The van der Waals surface area contributed by atoms with E-state index in [4.69, 9.17) is 16.3 Å². The topological polar surface area (TPSA) is 76.5 Å². The van der Waals surface area contributed by atoms with Gasteiger partial charge in [0.25, 0.3) is 0 Å². The van der Waals surface area contributed by atoms with E-state index in [9.17, 15) is 14.7 Å². The number of aromatic nitrogens is 1. The van der Waals surface area contributed by atoms with Crippen molar-refractivity contribution in [2.45, 2.75) is 20.3 Å². The Morgan fingerprint density at radius 1 is 1.50 bits per heavy atom. The number of hydrogen-bond acceptors (Lipinski definition) is 4. The van der Waals surface area contributed by atoms with Crippen LogP contribution in [0.4, 0.5) is 0 Å². The number of hydrogen-bond donors (Lipinski definition) is 1. The summed E-state index contributed by atoms with van der Waals surface area (Å²) in [6.07, 6.45) is 1.45. The lowest BCUT2D eigenvalue weighted by atomic mass is 9.84. The third-order valence-electron chi connectivity index (χ3n) is 2.54. The minimum absolute atomic E-state index is 0.00529. The molecule has 0 saturated carbocycles. The van der Waals surface area contributed by atoms with Crippen molar-refractivity contribution in [1.29, 1.82) is 0 Å². The first-order valence-electron chi connectivity index (χ1n) is 5.41. The molecule has 6 heteroatoms. The molecule has 1 aromatic rings. The Kier molecular flexibility index (Phi) is 4.67. The summed E-state index contributed by atoms with van der Waals surface area (Å²) < 4.78 is 4.80. The van der Waals surface area contributed by atoms with Crippen LogP contribution in [0.2, 0.25) is 5.15 Å². The third-order valence-corrected chi connectivity index (χ3v) is 2.77. The molecule has 1 N–H and O–H groups in total. The Labute approximate surface area is 110 Å². The van der Waals surface area contributed by atoms with E-state index in [1.54, 1.807) is 19.1 Å². The van der Waals surface area contributed by atoms with E-state index in [0.29, 0.717) is 10.7 Å². The maximum absolute atomic E-state index is 11.7. The number of ether oxygens (including phenoxy) is 1. The van der Waals surface area contributed by atoms with Crippen LogP contribution >= 0.6 is 11.6 Å². The van der Waals surface area contributed by atoms with Crippen molar-refractivity contribution in [2.75, 3.05) is 6.61 Å². The minimum atomic E-state index is -1.62. The number of pyridine rings is 1. The van der Waals surface area contributed by atoms with Gasteiger partial charge in [0.2, 0.25) is 0 Å². The zero-order chi connectivity index (χ0) is 13.8. The second-order valence-corrected chi connectivity index (χ2v) is 4.41. The van der Waals surface area contributed by atoms with Gasteiger partial charge in [-0.15, -0.1) is 0 Å². The molecule has 0 amide bonds. The van der Waals surface area contributed by atoms with Gasteiger partial charge in [0.15, 0.2) is 5.41 Å². The van der Waals surface area contributed by atoms with Gasteiger partial charge in [-0.05, 0) is 25.5 Å². The van der Waals surface area contributed by atoms with E-state index in [-0.39, 0.29) is 13.0 Å². The maximum atomic E-state index is 11.7. The Balaban J connectivity index is 2.96. The second kappa shape index (κ2) is 5.82. The van der Waals surface area contributed by atoms with Crippen molar-refractivity contribution >= 4 is 23.5 Å². The smallest absolute Gasteiger partial charge is 0.323 e. The molecule has 0 radical (unpaired) electrons. The van der Waals surface area contributed by atoms with Crippen molar-refractivity contribution < 1.29 is 19.4 Å². The number of rotatable bonds is 5. The summed E-state index contributed by atoms with van der Waals surface area (Å²) in [5, 5.41) is 9.51. The standard InChI is InChI=1S/C12H14ClNO4/c1-3-18-11(17)12(2,10(15)16)6-8-4-5-9(13)14-7-8/h4-5,7H,3,6H2,1-2H3,(H,15,16). The van der Waals surface area contributed by atoms with Crippen molar-refractivity contribution in [2.24, 2.45) is 5.41 Å². The Hall–Kier alpha value is -1.62. The van der Waals surface area contributed by atoms with Crippen LogP contribution in [0.25, 0.3) is 0 Å². The molecule has 0 aromatic carbocycles. The van der Waals surface area contributed by atoms with Crippen LogP contribution < -0.4 is 0 Å². The highest BCUT2D eigenvalue weighted by Gasteiger charge is 2.43. The molecule has 0 spiro atoms. The number of aliphatic carboxylic acids is 1. The lowest BCUT2D eigenvalue weighted by Gasteiger charge is -2.22. The van der Waals surface area contributed by atoms with Crippen LogP contribution in [0.3, 0.4) is 0 Å². The van der Waals surface area contributed by atoms with E-state index >= 15 is 0 Å². The van der Waals surface area contributed by atoms with Crippen molar-refractivity contribution in [3.8, 4) is 0 Å². The van der Waals surface area contributed by atoms with Gasteiger partial charge in [-0.2, -0.15) is 0 Å². The average Bonchev–Trinajstić information content (AvgIpc) is 2.32. The Bertz CT molecular complexity index is 446. The number of nitrogens with zero attached hydrogens (tertiary/aromatic N) is 1. The number of carboxylic acid groups (broad SMARTS) is 1. The predicted octanol–water partition coefficient (Wildman–Crippen LogP) is 1.93. The van der Waals surface area contributed by atoms with E-state index in [0.717, 1.165) is 0 Å². The molecule has 18 heavy (non-hydrogen) atoms. The molecule has 5 nitrogen and oxygen atoms in total. The number of esters is 1. The summed E-state index contributed by atoms with van der Waals surface area (Å²) in [5.41, 5.74) is -1.01. The monoisotopic (exact) mass is 271 g/mol. The molecule has 0 bridgehead atoms.